The Morgan fingerprint density at radius 1 is 1.26 bits per heavy atom. The van der Waals surface area contributed by atoms with E-state index in [4.69, 9.17) is 4.74 Å². The summed E-state index contributed by atoms with van der Waals surface area (Å²) in [6, 6.07) is 10.4. The summed E-state index contributed by atoms with van der Waals surface area (Å²) in [5.74, 6) is 0. The van der Waals surface area contributed by atoms with Crippen LogP contribution in [0.5, 0.6) is 0 Å². The molecule has 2 rings (SSSR count). The molecule has 0 aliphatic heterocycles. The molecule has 19 heavy (non-hydrogen) atoms. The molecule has 2 N–H and O–H groups in total. The monoisotopic (exact) mass is 263 g/mol. The summed E-state index contributed by atoms with van der Waals surface area (Å²) in [5, 5.41) is 4.81. The second-order valence-electron chi connectivity index (χ2n) is 5.09. The molecule has 0 aromatic heterocycles. The molecule has 0 atom stereocenters. The van der Waals surface area contributed by atoms with Gasteiger partial charge in [0.25, 0.3) is 0 Å². The van der Waals surface area contributed by atoms with Crippen molar-refractivity contribution in [3.63, 3.8) is 0 Å². The molecule has 1 saturated carbocycles. The van der Waals surface area contributed by atoms with Crippen molar-refractivity contribution in [2.75, 3.05) is 14.1 Å². The summed E-state index contributed by atoms with van der Waals surface area (Å²) in [6.07, 6.45) is 1.55. The number of nitrogens with one attached hydrogen (secondary N) is 2. The van der Waals surface area contributed by atoms with Crippen LogP contribution in [0.25, 0.3) is 0 Å². The van der Waals surface area contributed by atoms with E-state index in [1.807, 2.05) is 49.4 Å². The van der Waals surface area contributed by atoms with Crippen LogP contribution in [0, 0.1) is 0 Å². The zero-order valence-corrected chi connectivity index (χ0v) is 11.4. The summed E-state index contributed by atoms with van der Waals surface area (Å²) >= 11 is 0. The zero-order chi connectivity index (χ0) is 13.7. The lowest BCUT2D eigenvalue weighted by Crippen LogP contribution is -2.55. The van der Waals surface area contributed by atoms with Gasteiger partial charge in [0.15, 0.2) is 0 Å². The van der Waals surface area contributed by atoms with E-state index < -0.39 is 0 Å². The summed E-state index contributed by atoms with van der Waals surface area (Å²) in [6.45, 7) is 0.318. The van der Waals surface area contributed by atoms with Crippen LogP contribution in [0.15, 0.2) is 30.3 Å². The zero-order valence-electron chi connectivity index (χ0n) is 11.4. The number of rotatable bonds is 5. The molecule has 0 bridgehead atoms. The number of hydrogen-bond donors (Lipinski definition) is 2. The molecule has 0 spiro atoms. The Labute approximate surface area is 113 Å². The van der Waals surface area contributed by atoms with Crippen molar-refractivity contribution < 1.29 is 9.53 Å². The minimum atomic E-state index is -0.336. The average molecular weight is 263 g/mol. The molecular weight excluding hydrogens is 242 g/mol. The molecule has 1 fully saturated rings. The molecule has 1 aliphatic rings. The highest BCUT2D eigenvalue weighted by Gasteiger charge is 2.30. The van der Waals surface area contributed by atoms with Crippen molar-refractivity contribution >= 4 is 6.09 Å². The third kappa shape index (κ3) is 4.54. The van der Waals surface area contributed by atoms with E-state index in [0.29, 0.717) is 12.6 Å². The fourth-order valence-corrected chi connectivity index (χ4v) is 2.14. The first-order valence-corrected chi connectivity index (χ1v) is 6.54. The van der Waals surface area contributed by atoms with Gasteiger partial charge < -0.3 is 10.1 Å². The van der Waals surface area contributed by atoms with Gasteiger partial charge in [-0.15, -0.1) is 0 Å². The van der Waals surface area contributed by atoms with Gasteiger partial charge in [0.2, 0.25) is 0 Å². The van der Waals surface area contributed by atoms with Gasteiger partial charge in [-0.3, -0.25) is 10.4 Å². The molecule has 1 aromatic carbocycles. The Morgan fingerprint density at radius 2 is 1.95 bits per heavy atom. The van der Waals surface area contributed by atoms with Crippen LogP contribution < -0.4 is 10.7 Å². The summed E-state index contributed by atoms with van der Waals surface area (Å²) in [5.41, 5.74) is 4.28. The van der Waals surface area contributed by atoms with Crippen LogP contribution in [-0.4, -0.2) is 37.3 Å². The Kier molecular flexibility index (Phi) is 4.76. The van der Waals surface area contributed by atoms with Crippen molar-refractivity contribution in [1.82, 2.24) is 15.8 Å². The molecule has 0 heterocycles. The standard InChI is InChI=1S/C14H21N3O2/c1-17(2)16-13-8-12(9-13)15-14(18)19-10-11-6-4-3-5-7-11/h3-7,12-13,16H,8-10H2,1-2H3,(H,15,18). The molecule has 0 unspecified atom stereocenters. The maximum atomic E-state index is 11.6. The van der Waals surface area contributed by atoms with Gasteiger partial charge >= 0.3 is 6.09 Å². The number of hydrazine groups is 1. The van der Waals surface area contributed by atoms with Crippen molar-refractivity contribution in [3.8, 4) is 0 Å². The Bertz CT molecular complexity index is 402. The first-order valence-electron chi connectivity index (χ1n) is 6.54. The number of ether oxygens (including phenoxy) is 1. The van der Waals surface area contributed by atoms with Gasteiger partial charge in [-0.25, -0.2) is 4.79 Å². The summed E-state index contributed by atoms with van der Waals surface area (Å²) in [7, 11) is 3.93. The highest BCUT2D eigenvalue weighted by Crippen LogP contribution is 2.20. The second-order valence-corrected chi connectivity index (χ2v) is 5.09. The third-order valence-corrected chi connectivity index (χ3v) is 3.11. The maximum Gasteiger partial charge on any atom is 0.407 e. The fraction of sp³-hybridized carbons (Fsp3) is 0.500. The number of amides is 1. The van der Waals surface area contributed by atoms with Crippen molar-refractivity contribution in [3.05, 3.63) is 35.9 Å². The van der Waals surface area contributed by atoms with Crippen LogP contribution >= 0.6 is 0 Å². The largest absolute Gasteiger partial charge is 0.445 e. The molecule has 5 heteroatoms. The van der Waals surface area contributed by atoms with Crippen molar-refractivity contribution in [2.45, 2.75) is 31.5 Å². The number of nitrogens with zero attached hydrogens (tertiary/aromatic N) is 1. The smallest absolute Gasteiger partial charge is 0.407 e. The SMILES string of the molecule is CN(C)NC1CC(NC(=O)OCc2ccccc2)C1. The lowest BCUT2D eigenvalue weighted by molar-refractivity contribution is 0.113. The van der Waals surface area contributed by atoms with Gasteiger partial charge in [-0.2, -0.15) is 0 Å². The van der Waals surface area contributed by atoms with E-state index in [2.05, 4.69) is 10.7 Å². The van der Waals surface area contributed by atoms with Gasteiger partial charge in [0, 0.05) is 26.2 Å². The lowest BCUT2D eigenvalue weighted by Gasteiger charge is -2.37. The Hall–Kier alpha value is -1.59. The fourth-order valence-electron chi connectivity index (χ4n) is 2.14. The minimum Gasteiger partial charge on any atom is -0.445 e. The van der Waals surface area contributed by atoms with Gasteiger partial charge in [-0.1, -0.05) is 30.3 Å². The predicted molar refractivity (Wildman–Crippen MR) is 73.4 cm³/mol. The Balaban J connectivity index is 1.61. The normalized spacial score (nSPS) is 21.8. The highest BCUT2D eigenvalue weighted by molar-refractivity contribution is 5.67. The van der Waals surface area contributed by atoms with Crippen LogP contribution in [0.4, 0.5) is 4.79 Å². The molecule has 1 aromatic rings. The quantitative estimate of drug-likeness (QED) is 0.791. The molecular formula is C14H21N3O2. The second kappa shape index (κ2) is 6.54. The third-order valence-electron chi connectivity index (χ3n) is 3.11. The van der Waals surface area contributed by atoms with Gasteiger partial charge in [0.05, 0.1) is 0 Å². The topological polar surface area (TPSA) is 53.6 Å². The van der Waals surface area contributed by atoms with Crippen molar-refractivity contribution in [1.29, 1.82) is 0 Å². The van der Waals surface area contributed by atoms with Crippen LogP contribution in [-0.2, 0) is 11.3 Å². The van der Waals surface area contributed by atoms with Gasteiger partial charge in [0.1, 0.15) is 6.61 Å². The van der Waals surface area contributed by atoms with E-state index in [-0.39, 0.29) is 12.1 Å². The molecule has 0 saturated heterocycles. The minimum absolute atomic E-state index is 0.223. The first-order chi connectivity index (χ1) is 9.13. The van der Waals surface area contributed by atoms with Crippen LogP contribution in [0.1, 0.15) is 18.4 Å². The number of benzene rings is 1. The average Bonchev–Trinajstić information content (AvgIpc) is 2.34. The van der Waals surface area contributed by atoms with E-state index in [9.17, 15) is 4.79 Å². The van der Waals surface area contributed by atoms with E-state index in [1.54, 1.807) is 0 Å². The molecule has 1 aliphatic carbocycles. The van der Waals surface area contributed by atoms with E-state index in [0.717, 1.165) is 18.4 Å². The number of carbonyl (C=O) groups is 1. The molecule has 104 valence electrons. The van der Waals surface area contributed by atoms with Gasteiger partial charge in [-0.05, 0) is 18.4 Å². The first kappa shape index (κ1) is 13.8. The maximum absolute atomic E-state index is 11.6. The number of hydrogen-bond acceptors (Lipinski definition) is 4. The summed E-state index contributed by atoms with van der Waals surface area (Å²) < 4.78 is 5.17. The number of alkyl carbamates (subject to hydrolysis) is 1. The number of carbonyl (C=O) groups excluding carboxylic acids is 1. The van der Waals surface area contributed by atoms with Crippen LogP contribution in [0.2, 0.25) is 0 Å². The van der Waals surface area contributed by atoms with Crippen LogP contribution in [0.3, 0.4) is 0 Å². The molecule has 5 nitrogen and oxygen atoms in total. The Morgan fingerprint density at radius 3 is 2.58 bits per heavy atom. The molecule has 1 amide bonds. The summed E-state index contributed by atoms with van der Waals surface area (Å²) in [4.78, 5) is 11.6. The van der Waals surface area contributed by atoms with Crippen molar-refractivity contribution in [2.24, 2.45) is 0 Å². The van der Waals surface area contributed by atoms with E-state index in [1.165, 1.54) is 0 Å². The molecule has 0 radical (unpaired) electrons. The van der Waals surface area contributed by atoms with E-state index >= 15 is 0 Å². The lowest BCUT2D eigenvalue weighted by atomic mass is 9.87. The predicted octanol–water partition coefficient (Wildman–Crippen LogP) is 1.51. The highest BCUT2D eigenvalue weighted by atomic mass is 16.5.